The van der Waals surface area contributed by atoms with Gasteiger partial charge in [0.05, 0.1) is 16.9 Å². The van der Waals surface area contributed by atoms with Crippen LogP contribution in [0.15, 0.2) is 206 Å². The van der Waals surface area contributed by atoms with Gasteiger partial charge >= 0.3 is 0 Å². The second kappa shape index (κ2) is 17.1. The molecule has 0 amide bonds. The number of rotatable bonds is 4. The van der Waals surface area contributed by atoms with E-state index in [1.54, 1.807) is 0 Å². The summed E-state index contributed by atoms with van der Waals surface area (Å²) in [5.74, 6) is 3.63. The van der Waals surface area contributed by atoms with E-state index in [0.29, 0.717) is 0 Å². The van der Waals surface area contributed by atoms with Crippen LogP contribution in [-0.2, 0) is 32.5 Å². The van der Waals surface area contributed by atoms with Crippen LogP contribution in [0.25, 0.3) is 33.4 Å². The minimum Gasteiger partial charge on any atom is -0.457 e. The van der Waals surface area contributed by atoms with E-state index < -0.39 is 10.8 Å². The van der Waals surface area contributed by atoms with Crippen LogP contribution in [0, 0.1) is 0 Å². The molecule has 2 aliphatic heterocycles. The lowest BCUT2D eigenvalue weighted by molar-refractivity contribution is 0.433. The molecule has 2 spiro atoms. The Morgan fingerprint density at radius 3 is 1.30 bits per heavy atom. The second-order valence-corrected chi connectivity index (χ2v) is 28.0. The zero-order chi connectivity index (χ0) is 56.6. The number of hydrogen-bond donors (Lipinski definition) is 0. The van der Waals surface area contributed by atoms with Crippen molar-refractivity contribution < 1.29 is 9.47 Å². The highest BCUT2D eigenvalue weighted by Gasteiger charge is 2.58. The van der Waals surface area contributed by atoms with E-state index in [1.807, 2.05) is 0 Å². The fourth-order valence-corrected chi connectivity index (χ4v) is 14.7. The van der Waals surface area contributed by atoms with Gasteiger partial charge in [0.1, 0.15) is 23.0 Å². The topological polar surface area (TPSA) is 21.7 Å². The maximum absolute atomic E-state index is 7.28. The van der Waals surface area contributed by atoms with Crippen molar-refractivity contribution in [2.75, 3.05) is 4.90 Å². The normalized spacial score (nSPS) is 16.1. The van der Waals surface area contributed by atoms with Crippen LogP contribution in [0.5, 0.6) is 23.0 Å². The lowest BCUT2D eigenvalue weighted by atomic mass is 9.64. The Hall–Kier alpha value is -8.40. The SMILES string of the molecule is CC(C)(C)c1ccc2c(c1)C1(c3cc(C(C)(C)C)ccc3O2)c2ccccc2-c2ccc(N(c3ccc(-c4ccccc4)cc3)C3c4ccc5c(c43)C3(c4ccccc4O5)c4cc(C(C)(C)C)ccc4-c4ccc(C(C)(C)C)cc43)cc21. The molecule has 3 nitrogen and oxygen atoms in total. The summed E-state index contributed by atoms with van der Waals surface area (Å²) in [6.45, 7) is 28.0. The van der Waals surface area contributed by atoms with E-state index in [-0.39, 0.29) is 27.7 Å². The molecule has 1 atom stereocenters. The summed E-state index contributed by atoms with van der Waals surface area (Å²) in [5, 5.41) is 0. The fraction of sp³-hybridized carbons (Fsp3) is 0.241. The maximum Gasteiger partial charge on any atom is 0.132 e. The third-order valence-electron chi connectivity index (χ3n) is 19.0. The number of ether oxygens (including phenoxy) is 2. The van der Waals surface area contributed by atoms with Gasteiger partial charge in [-0.3, -0.25) is 0 Å². The van der Waals surface area contributed by atoms with Crippen molar-refractivity contribution >= 4 is 11.4 Å². The van der Waals surface area contributed by atoms with Gasteiger partial charge in [-0.25, -0.2) is 0 Å². The molecule has 0 saturated heterocycles. The first-order chi connectivity index (χ1) is 39.2. The Labute approximate surface area is 485 Å². The summed E-state index contributed by atoms with van der Waals surface area (Å²) in [6, 6.07) is 78.6. The highest BCUT2D eigenvalue weighted by Crippen LogP contribution is 2.69. The van der Waals surface area contributed by atoms with E-state index in [2.05, 4.69) is 294 Å². The molecule has 3 aliphatic carbocycles. The van der Waals surface area contributed by atoms with Crippen LogP contribution in [0.4, 0.5) is 11.4 Å². The van der Waals surface area contributed by atoms with E-state index in [0.717, 1.165) is 34.4 Å². The lowest BCUT2D eigenvalue weighted by Crippen LogP contribution is -2.34. The van der Waals surface area contributed by atoms with Gasteiger partial charge in [-0.2, -0.15) is 0 Å². The van der Waals surface area contributed by atoms with Crippen LogP contribution < -0.4 is 14.4 Å². The standard InChI is InChI=1S/C79H71NO2/c1-74(2,3)49-28-35-56-57-36-29-50(75(4,5)6)43-63(57)79(62(56)42-49)61-24-18-19-25-67(61)82-70-41-38-59-71(72(70)79)73(59)80(53-32-26-48(27-33-53)47-20-14-13-15-21-47)54-34-37-58-55-22-16-17-23-60(55)78(64(58)46-54)65-44-51(76(7,8)9)30-39-68(65)81-69-40-31-52(45-66(69)78)77(10,11)12/h13-46,73H,1-12H3. The molecule has 0 radical (unpaired) electrons. The van der Waals surface area contributed by atoms with Gasteiger partial charge in [0.25, 0.3) is 0 Å². The molecule has 0 bridgehead atoms. The van der Waals surface area contributed by atoms with Gasteiger partial charge in [0.2, 0.25) is 0 Å². The summed E-state index contributed by atoms with van der Waals surface area (Å²) < 4.78 is 14.4. The summed E-state index contributed by atoms with van der Waals surface area (Å²) in [4.78, 5) is 2.65. The zero-order valence-electron chi connectivity index (χ0n) is 49.5. The van der Waals surface area contributed by atoms with Crippen LogP contribution >= 0.6 is 0 Å². The molecule has 15 rings (SSSR count). The monoisotopic (exact) mass is 1070 g/mol. The van der Waals surface area contributed by atoms with E-state index in [1.165, 1.54) is 111 Å². The molecular weight excluding hydrogens is 995 g/mol. The molecule has 0 N–H and O–H groups in total. The van der Waals surface area contributed by atoms with Crippen molar-refractivity contribution in [2.45, 2.75) is 122 Å². The second-order valence-electron chi connectivity index (χ2n) is 28.0. The fourth-order valence-electron chi connectivity index (χ4n) is 14.7. The molecule has 1 unspecified atom stereocenters. The van der Waals surface area contributed by atoms with Crippen molar-refractivity contribution in [1.82, 2.24) is 0 Å². The summed E-state index contributed by atoms with van der Waals surface area (Å²) >= 11 is 0. The Bertz CT molecular complexity index is 4190. The molecular formula is C79H71NO2. The molecule has 10 aromatic rings. The number of nitrogens with zero attached hydrogens (tertiary/aromatic N) is 1. The molecule has 10 aromatic carbocycles. The summed E-state index contributed by atoms with van der Waals surface area (Å²) in [5.41, 5.74) is 25.9. The van der Waals surface area contributed by atoms with Gasteiger partial charge < -0.3 is 14.4 Å². The van der Waals surface area contributed by atoms with Crippen LogP contribution in [0.1, 0.15) is 167 Å². The average Bonchev–Trinajstić information content (AvgIpc) is 1.73. The molecule has 2 heterocycles. The van der Waals surface area contributed by atoms with Gasteiger partial charge in [0.15, 0.2) is 0 Å². The first-order valence-electron chi connectivity index (χ1n) is 29.6. The first-order valence-corrected chi connectivity index (χ1v) is 29.6. The minimum atomic E-state index is -0.694. The van der Waals surface area contributed by atoms with Crippen LogP contribution in [0.3, 0.4) is 0 Å². The lowest BCUT2D eigenvalue weighted by Gasteiger charge is -2.41. The van der Waals surface area contributed by atoms with Crippen molar-refractivity contribution in [2.24, 2.45) is 0 Å². The number of hydrogen-bond acceptors (Lipinski definition) is 3. The predicted octanol–water partition coefficient (Wildman–Crippen LogP) is 20.7. The molecule has 0 fully saturated rings. The molecule has 0 aromatic heterocycles. The number of para-hydroxylation sites is 1. The molecule has 82 heavy (non-hydrogen) atoms. The molecule has 3 heteroatoms. The molecule has 5 aliphatic rings. The molecule has 404 valence electrons. The van der Waals surface area contributed by atoms with Crippen LogP contribution in [-0.4, -0.2) is 0 Å². The van der Waals surface area contributed by atoms with E-state index >= 15 is 0 Å². The number of anilines is 2. The minimum absolute atomic E-state index is 0.0795. The highest BCUT2D eigenvalue weighted by atomic mass is 16.5. The van der Waals surface area contributed by atoms with Crippen molar-refractivity contribution in [3.8, 4) is 56.4 Å². The van der Waals surface area contributed by atoms with Crippen molar-refractivity contribution in [1.29, 1.82) is 0 Å². The Balaban J connectivity index is 1.01. The third-order valence-corrected chi connectivity index (χ3v) is 19.0. The number of benzene rings is 10. The largest absolute Gasteiger partial charge is 0.457 e. The quantitative estimate of drug-likeness (QED) is 0.175. The van der Waals surface area contributed by atoms with Gasteiger partial charge in [0, 0.05) is 33.6 Å². The zero-order valence-corrected chi connectivity index (χ0v) is 49.5. The van der Waals surface area contributed by atoms with Gasteiger partial charge in [-0.05, 0) is 171 Å². The van der Waals surface area contributed by atoms with E-state index in [9.17, 15) is 0 Å². The van der Waals surface area contributed by atoms with E-state index in [4.69, 9.17) is 9.47 Å². The third kappa shape index (κ3) is 7.14. The van der Waals surface area contributed by atoms with Crippen molar-refractivity contribution in [3.05, 3.63) is 284 Å². The first kappa shape index (κ1) is 50.6. The predicted molar refractivity (Wildman–Crippen MR) is 338 cm³/mol. The van der Waals surface area contributed by atoms with Crippen molar-refractivity contribution in [3.63, 3.8) is 0 Å². The Kier molecular flexibility index (Phi) is 10.5. The average molecular weight is 1070 g/mol. The highest BCUT2D eigenvalue weighted by molar-refractivity contribution is 5.94. The van der Waals surface area contributed by atoms with Gasteiger partial charge in [-0.1, -0.05) is 229 Å². The molecule has 0 saturated carbocycles. The Morgan fingerprint density at radius 2 is 0.732 bits per heavy atom. The Morgan fingerprint density at radius 1 is 0.317 bits per heavy atom. The maximum atomic E-state index is 7.28. The van der Waals surface area contributed by atoms with Crippen LogP contribution in [0.2, 0.25) is 0 Å². The summed E-state index contributed by atoms with van der Waals surface area (Å²) in [7, 11) is 0. The van der Waals surface area contributed by atoms with Gasteiger partial charge in [-0.15, -0.1) is 0 Å². The number of fused-ring (bicyclic) bond motifs is 20. The smallest absolute Gasteiger partial charge is 0.132 e. The summed E-state index contributed by atoms with van der Waals surface area (Å²) in [6.07, 6.45) is 0.